The van der Waals surface area contributed by atoms with Crippen molar-refractivity contribution in [2.45, 2.75) is 33.1 Å². The summed E-state index contributed by atoms with van der Waals surface area (Å²) in [5.74, 6) is -0.986. The first-order valence-corrected chi connectivity index (χ1v) is 4.81. The molecule has 1 saturated heterocycles. The van der Waals surface area contributed by atoms with Crippen molar-refractivity contribution in [1.29, 1.82) is 0 Å². The second kappa shape index (κ2) is 4.44. The highest BCUT2D eigenvalue weighted by atomic mass is 16.6. The van der Waals surface area contributed by atoms with Gasteiger partial charge in [0.05, 0.1) is 13.2 Å². The van der Waals surface area contributed by atoms with Gasteiger partial charge >= 0.3 is 11.9 Å². The summed E-state index contributed by atoms with van der Waals surface area (Å²) < 4.78 is 9.77. The Kier molecular flexibility index (Phi) is 3.49. The van der Waals surface area contributed by atoms with E-state index < -0.39 is 11.9 Å². The van der Waals surface area contributed by atoms with Gasteiger partial charge in [0.15, 0.2) is 0 Å². The lowest BCUT2D eigenvalue weighted by atomic mass is 9.86. The van der Waals surface area contributed by atoms with Crippen molar-refractivity contribution < 1.29 is 19.1 Å². The van der Waals surface area contributed by atoms with Crippen molar-refractivity contribution in [3.8, 4) is 0 Å². The lowest BCUT2D eigenvalue weighted by Crippen LogP contribution is -2.23. The van der Waals surface area contributed by atoms with E-state index in [4.69, 9.17) is 9.47 Å². The Morgan fingerprint density at radius 3 is 1.86 bits per heavy atom. The molecule has 0 radical (unpaired) electrons. The molecule has 0 atom stereocenters. The molecule has 0 spiro atoms. The molecule has 14 heavy (non-hydrogen) atoms. The lowest BCUT2D eigenvalue weighted by molar-refractivity contribution is -0.156. The summed E-state index contributed by atoms with van der Waals surface area (Å²) in [6, 6.07) is 0. The maximum absolute atomic E-state index is 11.0. The molecule has 0 saturated carbocycles. The van der Waals surface area contributed by atoms with E-state index in [2.05, 4.69) is 13.8 Å². The quantitative estimate of drug-likeness (QED) is 0.436. The Hall–Kier alpha value is -1.06. The smallest absolute Gasteiger partial charge is 0.317 e. The van der Waals surface area contributed by atoms with Crippen molar-refractivity contribution in [2.24, 2.45) is 5.41 Å². The first kappa shape index (κ1) is 11.0. The maximum atomic E-state index is 11.0. The Morgan fingerprint density at radius 1 is 1.00 bits per heavy atom. The monoisotopic (exact) mass is 200 g/mol. The molecule has 0 unspecified atom stereocenters. The zero-order valence-electron chi connectivity index (χ0n) is 8.67. The first-order valence-electron chi connectivity index (χ1n) is 4.81. The second-order valence-corrected chi connectivity index (χ2v) is 4.28. The van der Waals surface area contributed by atoms with Gasteiger partial charge in [-0.3, -0.25) is 9.59 Å². The number of hydrogen-bond donors (Lipinski definition) is 0. The Morgan fingerprint density at radius 2 is 1.43 bits per heavy atom. The topological polar surface area (TPSA) is 52.6 Å². The third-order valence-electron chi connectivity index (χ3n) is 2.37. The predicted octanol–water partition coefficient (Wildman–Crippen LogP) is 1.28. The Balaban J connectivity index is 2.52. The third-order valence-corrected chi connectivity index (χ3v) is 2.37. The third kappa shape index (κ3) is 3.77. The van der Waals surface area contributed by atoms with Crippen LogP contribution in [0.5, 0.6) is 0 Å². The van der Waals surface area contributed by atoms with Crippen LogP contribution in [0.15, 0.2) is 0 Å². The Labute approximate surface area is 83.6 Å². The number of carbonyl (C=O) groups excluding carboxylic acids is 2. The minimum Gasteiger partial charge on any atom is -0.465 e. The summed E-state index contributed by atoms with van der Waals surface area (Å²) in [6.45, 7) is 4.91. The van der Waals surface area contributed by atoms with E-state index in [-0.39, 0.29) is 11.8 Å². The van der Waals surface area contributed by atoms with Gasteiger partial charge in [-0.15, -0.1) is 0 Å². The van der Waals surface area contributed by atoms with E-state index in [1.807, 2.05) is 0 Å². The van der Waals surface area contributed by atoms with E-state index in [9.17, 15) is 9.59 Å². The number of carbonyl (C=O) groups is 2. The number of ether oxygens (including phenoxy) is 2. The molecule has 0 N–H and O–H groups in total. The van der Waals surface area contributed by atoms with Crippen molar-refractivity contribution in [1.82, 2.24) is 0 Å². The fraction of sp³-hybridized carbons (Fsp3) is 0.800. The summed E-state index contributed by atoms with van der Waals surface area (Å²) in [5, 5.41) is 0. The molecule has 4 nitrogen and oxygen atoms in total. The highest BCUT2D eigenvalue weighted by Crippen LogP contribution is 2.25. The molecule has 1 aliphatic rings. The molecule has 80 valence electrons. The van der Waals surface area contributed by atoms with E-state index in [0.717, 1.165) is 12.8 Å². The standard InChI is InChI=1S/C10H16O4/c1-10(2)3-5-13-8(11)7-9(12)14-6-4-10/h3-7H2,1-2H3. The van der Waals surface area contributed by atoms with Crippen LogP contribution in [0.2, 0.25) is 0 Å². The number of esters is 2. The van der Waals surface area contributed by atoms with Gasteiger partial charge in [-0.1, -0.05) is 13.8 Å². The molecular formula is C10H16O4. The van der Waals surface area contributed by atoms with E-state index in [1.165, 1.54) is 0 Å². The number of rotatable bonds is 0. The van der Waals surface area contributed by atoms with Crippen molar-refractivity contribution in [2.75, 3.05) is 13.2 Å². The molecule has 1 rings (SSSR count). The van der Waals surface area contributed by atoms with Gasteiger partial charge in [0.2, 0.25) is 0 Å². The average molecular weight is 200 g/mol. The molecular weight excluding hydrogens is 184 g/mol. The largest absolute Gasteiger partial charge is 0.465 e. The van der Waals surface area contributed by atoms with Gasteiger partial charge in [0.25, 0.3) is 0 Å². The maximum Gasteiger partial charge on any atom is 0.317 e. The van der Waals surface area contributed by atoms with E-state index in [1.54, 1.807) is 0 Å². The van der Waals surface area contributed by atoms with Gasteiger partial charge in [-0.05, 0) is 18.3 Å². The van der Waals surface area contributed by atoms with Crippen LogP contribution in [-0.2, 0) is 19.1 Å². The predicted molar refractivity (Wildman–Crippen MR) is 49.6 cm³/mol. The van der Waals surface area contributed by atoms with Crippen LogP contribution in [0.1, 0.15) is 33.1 Å². The normalized spacial score (nSPS) is 23.6. The fourth-order valence-corrected chi connectivity index (χ4v) is 1.23. The summed E-state index contributed by atoms with van der Waals surface area (Å²) in [5.41, 5.74) is 0.0535. The second-order valence-electron chi connectivity index (χ2n) is 4.28. The van der Waals surface area contributed by atoms with Crippen LogP contribution in [0.25, 0.3) is 0 Å². The van der Waals surface area contributed by atoms with Crippen LogP contribution in [0.3, 0.4) is 0 Å². The molecule has 0 aromatic heterocycles. The van der Waals surface area contributed by atoms with Crippen LogP contribution in [-0.4, -0.2) is 25.2 Å². The Bertz CT molecular complexity index is 210. The molecule has 1 fully saturated rings. The lowest BCUT2D eigenvalue weighted by Gasteiger charge is -2.24. The number of cyclic esters (lactones) is 2. The van der Waals surface area contributed by atoms with Crippen LogP contribution < -0.4 is 0 Å². The number of hydrogen-bond acceptors (Lipinski definition) is 4. The molecule has 4 heteroatoms. The van der Waals surface area contributed by atoms with Crippen LogP contribution in [0.4, 0.5) is 0 Å². The summed E-state index contributed by atoms with van der Waals surface area (Å²) in [6.07, 6.45) is 1.34. The van der Waals surface area contributed by atoms with E-state index in [0.29, 0.717) is 13.2 Å². The van der Waals surface area contributed by atoms with Crippen molar-refractivity contribution in [3.05, 3.63) is 0 Å². The van der Waals surface area contributed by atoms with Gasteiger partial charge in [-0.25, -0.2) is 0 Å². The minimum absolute atomic E-state index is 0.0535. The average Bonchev–Trinajstić information content (AvgIpc) is 2.01. The minimum atomic E-state index is -0.493. The molecule has 0 aliphatic carbocycles. The molecule has 0 amide bonds. The van der Waals surface area contributed by atoms with Crippen LogP contribution >= 0.6 is 0 Å². The van der Waals surface area contributed by atoms with Crippen molar-refractivity contribution >= 4 is 11.9 Å². The van der Waals surface area contributed by atoms with Crippen LogP contribution in [0, 0.1) is 5.41 Å². The molecule has 0 bridgehead atoms. The van der Waals surface area contributed by atoms with Gasteiger partial charge < -0.3 is 9.47 Å². The van der Waals surface area contributed by atoms with Crippen molar-refractivity contribution in [3.63, 3.8) is 0 Å². The summed E-state index contributed by atoms with van der Waals surface area (Å²) in [7, 11) is 0. The van der Waals surface area contributed by atoms with Gasteiger partial charge in [0, 0.05) is 0 Å². The molecule has 1 heterocycles. The molecule has 0 aromatic carbocycles. The van der Waals surface area contributed by atoms with Gasteiger partial charge in [0.1, 0.15) is 6.42 Å². The molecule has 0 aromatic rings. The van der Waals surface area contributed by atoms with E-state index >= 15 is 0 Å². The van der Waals surface area contributed by atoms with Gasteiger partial charge in [-0.2, -0.15) is 0 Å². The summed E-state index contributed by atoms with van der Waals surface area (Å²) >= 11 is 0. The highest BCUT2D eigenvalue weighted by Gasteiger charge is 2.22. The highest BCUT2D eigenvalue weighted by molar-refractivity contribution is 5.91. The SMILES string of the molecule is CC1(C)CCOC(=O)CC(=O)OCC1. The molecule has 1 aliphatic heterocycles. The zero-order valence-corrected chi connectivity index (χ0v) is 8.67. The summed E-state index contributed by atoms with van der Waals surface area (Å²) in [4.78, 5) is 22.0. The fourth-order valence-electron chi connectivity index (χ4n) is 1.23. The first-order chi connectivity index (χ1) is 6.49. The zero-order chi connectivity index (χ0) is 10.6.